The van der Waals surface area contributed by atoms with Crippen LogP contribution in [0.25, 0.3) is 0 Å². The molecule has 1 aromatic carbocycles. The molecule has 0 radical (unpaired) electrons. The van der Waals surface area contributed by atoms with Gasteiger partial charge in [0, 0.05) is 11.4 Å². The zero-order chi connectivity index (χ0) is 18.9. The third-order valence-electron chi connectivity index (χ3n) is 5.23. The summed E-state index contributed by atoms with van der Waals surface area (Å²) in [6.45, 7) is 9.10. The monoisotopic (exact) mass is 391 g/mol. The van der Waals surface area contributed by atoms with Crippen molar-refractivity contribution >= 4 is 21.4 Å². The molecule has 0 saturated carbocycles. The van der Waals surface area contributed by atoms with Gasteiger partial charge in [-0.05, 0) is 59.9 Å². The lowest BCUT2D eigenvalue weighted by molar-refractivity contribution is 0.332. The predicted octanol–water partition coefficient (Wildman–Crippen LogP) is 5.66. The van der Waals surface area contributed by atoms with Crippen molar-refractivity contribution in [2.75, 3.05) is 6.54 Å². The van der Waals surface area contributed by atoms with E-state index in [1.807, 2.05) is 12.1 Å². The summed E-state index contributed by atoms with van der Waals surface area (Å²) in [6.07, 6.45) is 4.01. The maximum absolute atomic E-state index is 13.4. The highest BCUT2D eigenvalue weighted by Crippen LogP contribution is 2.38. The lowest BCUT2D eigenvalue weighted by atomic mass is 9.87. The van der Waals surface area contributed by atoms with Crippen LogP contribution in [0.2, 0.25) is 0 Å². The lowest BCUT2D eigenvalue weighted by Gasteiger charge is -2.29. The van der Waals surface area contributed by atoms with Gasteiger partial charge in [0.2, 0.25) is 10.0 Å². The molecule has 0 aliphatic carbocycles. The minimum atomic E-state index is -3.50. The van der Waals surface area contributed by atoms with E-state index in [9.17, 15) is 8.42 Å². The fourth-order valence-corrected chi connectivity index (χ4v) is 6.43. The smallest absolute Gasteiger partial charge is 0.207 e. The molecule has 142 valence electrons. The van der Waals surface area contributed by atoms with Gasteiger partial charge < -0.3 is 0 Å². The average molecular weight is 392 g/mol. The molecular formula is C21H29NO2S2. The molecule has 0 bridgehead atoms. The van der Waals surface area contributed by atoms with Gasteiger partial charge in [0.25, 0.3) is 0 Å². The van der Waals surface area contributed by atoms with Crippen LogP contribution in [0.15, 0.2) is 40.6 Å². The summed E-state index contributed by atoms with van der Waals surface area (Å²) in [5.41, 5.74) is 2.37. The maximum atomic E-state index is 13.4. The Balaban J connectivity index is 1.98. The second kappa shape index (κ2) is 7.45. The number of hydrogen-bond donors (Lipinski definition) is 0. The lowest BCUT2D eigenvalue weighted by Crippen LogP contribution is -2.34. The number of hydrogen-bond acceptors (Lipinski definition) is 3. The summed E-state index contributed by atoms with van der Waals surface area (Å²) in [4.78, 5) is 1.60. The van der Waals surface area contributed by atoms with Crippen LogP contribution in [-0.4, -0.2) is 19.3 Å². The quantitative estimate of drug-likeness (QED) is 0.677. The second-order valence-corrected chi connectivity index (χ2v) is 11.1. The molecule has 1 aromatic heterocycles. The van der Waals surface area contributed by atoms with Gasteiger partial charge in [-0.15, -0.1) is 11.3 Å². The molecule has 3 rings (SSSR count). The first kappa shape index (κ1) is 19.6. The standard InChI is InChI=1S/C21H29NO2S2/c1-16-13-15-25-20(16)19-8-6-5-7-14-22(19)26(23,24)18-11-9-17(10-12-18)21(2,3)4/h9-13,15,19H,5-8,14H2,1-4H3/t19-/m0/s1. The molecule has 1 atom stereocenters. The Morgan fingerprint density at radius 3 is 2.31 bits per heavy atom. The molecule has 3 nitrogen and oxygen atoms in total. The van der Waals surface area contributed by atoms with E-state index in [0.717, 1.165) is 31.2 Å². The van der Waals surface area contributed by atoms with Gasteiger partial charge in [-0.2, -0.15) is 4.31 Å². The van der Waals surface area contributed by atoms with Crippen LogP contribution in [0.4, 0.5) is 0 Å². The third-order valence-corrected chi connectivity index (χ3v) is 8.28. The number of rotatable bonds is 3. The zero-order valence-corrected chi connectivity index (χ0v) is 17.8. The van der Waals surface area contributed by atoms with E-state index in [0.29, 0.717) is 11.4 Å². The van der Waals surface area contributed by atoms with Crippen molar-refractivity contribution in [3.63, 3.8) is 0 Å². The highest BCUT2D eigenvalue weighted by molar-refractivity contribution is 7.89. The molecule has 1 fully saturated rings. The van der Waals surface area contributed by atoms with Crippen molar-refractivity contribution in [2.45, 2.75) is 69.7 Å². The highest BCUT2D eigenvalue weighted by Gasteiger charge is 2.34. The van der Waals surface area contributed by atoms with E-state index in [-0.39, 0.29) is 11.5 Å². The van der Waals surface area contributed by atoms with E-state index in [4.69, 9.17) is 0 Å². The second-order valence-electron chi connectivity index (χ2n) is 8.22. The molecule has 0 N–H and O–H groups in total. The molecule has 2 heterocycles. The average Bonchev–Trinajstić information content (AvgIpc) is 2.86. The largest absolute Gasteiger partial charge is 0.243 e. The Morgan fingerprint density at radius 1 is 1.04 bits per heavy atom. The summed E-state index contributed by atoms with van der Waals surface area (Å²) in [5.74, 6) is 0. The maximum Gasteiger partial charge on any atom is 0.243 e. The predicted molar refractivity (Wildman–Crippen MR) is 109 cm³/mol. The van der Waals surface area contributed by atoms with Crippen molar-refractivity contribution in [3.05, 3.63) is 51.7 Å². The fourth-order valence-electron chi connectivity index (χ4n) is 3.62. The van der Waals surface area contributed by atoms with Gasteiger partial charge in [0.05, 0.1) is 10.9 Å². The summed E-state index contributed by atoms with van der Waals surface area (Å²) < 4.78 is 28.7. The Kier molecular flexibility index (Phi) is 5.61. The molecule has 2 aromatic rings. The van der Waals surface area contributed by atoms with Gasteiger partial charge in [-0.25, -0.2) is 8.42 Å². The van der Waals surface area contributed by atoms with Gasteiger partial charge in [0.15, 0.2) is 0 Å². The van der Waals surface area contributed by atoms with E-state index < -0.39 is 10.0 Å². The summed E-state index contributed by atoms with van der Waals surface area (Å²) in [7, 11) is -3.50. The topological polar surface area (TPSA) is 37.4 Å². The minimum Gasteiger partial charge on any atom is -0.207 e. The van der Waals surface area contributed by atoms with Crippen LogP contribution in [0.3, 0.4) is 0 Å². The molecule has 0 unspecified atom stereocenters. The van der Waals surface area contributed by atoms with E-state index in [2.05, 4.69) is 39.1 Å². The fraction of sp³-hybridized carbons (Fsp3) is 0.524. The van der Waals surface area contributed by atoms with Crippen molar-refractivity contribution in [1.29, 1.82) is 0 Å². The van der Waals surface area contributed by atoms with Crippen molar-refractivity contribution in [1.82, 2.24) is 4.31 Å². The SMILES string of the molecule is Cc1ccsc1[C@@H]1CCCCCN1S(=O)(=O)c1ccc(C(C)(C)C)cc1. The van der Waals surface area contributed by atoms with Crippen LogP contribution >= 0.6 is 11.3 Å². The summed E-state index contributed by atoms with van der Waals surface area (Å²) in [5, 5.41) is 2.07. The number of aryl methyl sites for hydroxylation is 1. The number of thiophene rings is 1. The van der Waals surface area contributed by atoms with E-state index in [1.165, 1.54) is 10.4 Å². The molecule has 0 spiro atoms. The number of nitrogens with zero attached hydrogens (tertiary/aromatic N) is 1. The van der Waals surface area contributed by atoms with Crippen LogP contribution in [0, 0.1) is 6.92 Å². The molecule has 1 aliphatic rings. The normalized spacial score (nSPS) is 20.1. The number of sulfonamides is 1. The first-order valence-electron chi connectivity index (χ1n) is 9.37. The highest BCUT2D eigenvalue weighted by atomic mass is 32.2. The summed E-state index contributed by atoms with van der Waals surface area (Å²) >= 11 is 1.68. The van der Waals surface area contributed by atoms with E-state index >= 15 is 0 Å². The number of benzene rings is 1. The Labute approximate surface area is 162 Å². The van der Waals surface area contributed by atoms with Crippen LogP contribution in [-0.2, 0) is 15.4 Å². The molecule has 26 heavy (non-hydrogen) atoms. The first-order chi connectivity index (χ1) is 12.2. The Bertz CT molecular complexity index is 845. The first-order valence-corrected chi connectivity index (χ1v) is 11.7. The van der Waals surface area contributed by atoms with Gasteiger partial charge in [0.1, 0.15) is 0 Å². The Morgan fingerprint density at radius 2 is 1.73 bits per heavy atom. The molecule has 0 amide bonds. The minimum absolute atomic E-state index is 0.0154. The van der Waals surface area contributed by atoms with Crippen molar-refractivity contribution in [2.24, 2.45) is 0 Å². The molecule has 1 saturated heterocycles. The van der Waals surface area contributed by atoms with Gasteiger partial charge in [-0.1, -0.05) is 45.7 Å². The van der Waals surface area contributed by atoms with Crippen LogP contribution in [0.1, 0.15) is 68.5 Å². The van der Waals surface area contributed by atoms with Crippen molar-refractivity contribution in [3.8, 4) is 0 Å². The molecule has 1 aliphatic heterocycles. The van der Waals surface area contributed by atoms with Crippen LogP contribution in [0.5, 0.6) is 0 Å². The summed E-state index contributed by atoms with van der Waals surface area (Å²) in [6, 6.07) is 9.52. The zero-order valence-electron chi connectivity index (χ0n) is 16.2. The Hall–Kier alpha value is -1.17. The van der Waals surface area contributed by atoms with Crippen molar-refractivity contribution < 1.29 is 8.42 Å². The van der Waals surface area contributed by atoms with Crippen LogP contribution < -0.4 is 0 Å². The molecular weight excluding hydrogens is 362 g/mol. The van der Waals surface area contributed by atoms with E-state index in [1.54, 1.807) is 27.8 Å². The molecule has 5 heteroatoms. The van der Waals surface area contributed by atoms with Gasteiger partial charge in [-0.3, -0.25) is 0 Å². The third kappa shape index (κ3) is 3.90. The van der Waals surface area contributed by atoms with Gasteiger partial charge >= 0.3 is 0 Å².